The van der Waals surface area contributed by atoms with Crippen LogP contribution in [0.5, 0.6) is 0 Å². The van der Waals surface area contributed by atoms with Crippen molar-refractivity contribution in [1.82, 2.24) is 0 Å². The molecule has 0 spiro atoms. The summed E-state index contributed by atoms with van der Waals surface area (Å²) < 4.78 is 26.9. The van der Waals surface area contributed by atoms with Crippen LogP contribution >= 0.6 is 0 Å². The molecule has 0 atom stereocenters. The lowest BCUT2D eigenvalue weighted by Crippen LogP contribution is -2.37. The Kier molecular flexibility index (Phi) is 3.24. The van der Waals surface area contributed by atoms with E-state index in [0.717, 1.165) is 44.6 Å². The second-order valence-corrected chi connectivity index (χ2v) is 4.67. The number of nitrogens with two attached hydrogens (primary N) is 1. The molecule has 3 heteroatoms. The largest absolute Gasteiger partial charge is 0.321 e. The summed E-state index contributed by atoms with van der Waals surface area (Å²) >= 11 is 0. The normalized spacial score (nSPS) is 20.4. The second kappa shape index (κ2) is 4.50. The van der Waals surface area contributed by atoms with E-state index >= 15 is 0 Å². The fourth-order valence-corrected chi connectivity index (χ4v) is 2.52. The first-order chi connectivity index (χ1) is 7.63. The average Bonchev–Trinajstić information content (AvgIpc) is 2.48. The van der Waals surface area contributed by atoms with E-state index in [1.165, 1.54) is 6.07 Å². The van der Waals surface area contributed by atoms with Crippen molar-refractivity contribution in [2.45, 2.75) is 44.1 Å². The predicted molar refractivity (Wildman–Crippen MR) is 59.9 cm³/mol. The van der Waals surface area contributed by atoms with Crippen LogP contribution in [0.4, 0.5) is 8.78 Å². The summed E-state index contributed by atoms with van der Waals surface area (Å²) in [5.74, 6) is -1.57. The summed E-state index contributed by atoms with van der Waals surface area (Å²) in [6.45, 7) is 0. The van der Waals surface area contributed by atoms with Gasteiger partial charge in [-0.15, -0.1) is 0 Å². The van der Waals surface area contributed by atoms with Crippen LogP contribution in [0.15, 0.2) is 18.2 Å². The molecule has 0 heterocycles. The first-order valence-corrected chi connectivity index (χ1v) is 5.87. The maximum absolute atomic E-state index is 13.7. The minimum Gasteiger partial charge on any atom is -0.321 e. The molecule has 1 nitrogen and oxygen atoms in total. The van der Waals surface area contributed by atoms with Crippen molar-refractivity contribution in [2.24, 2.45) is 5.73 Å². The van der Waals surface area contributed by atoms with Gasteiger partial charge < -0.3 is 5.73 Å². The highest BCUT2D eigenvalue weighted by atomic mass is 19.2. The molecule has 2 rings (SSSR count). The Balaban J connectivity index is 2.37. The van der Waals surface area contributed by atoms with Crippen LogP contribution in [-0.2, 0) is 5.54 Å². The maximum atomic E-state index is 13.7. The van der Waals surface area contributed by atoms with Gasteiger partial charge >= 0.3 is 0 Å². The van der Waals surface area contributed by atoms with Crippen molar-refractivity contribution < 1.29 is 8.78 Å². The molecular weight excluding hydrogens is 208 g/mol. The summed E-state index contributed by atoms with van der Waals surface area (Å²) in [6.07, 6.45) is 5.74. The van der Waals surface area contributed by atoms with Gasteiger partial charge in [-0.2, -0.15) is 0 Å². The average molecular weight is 225 g/mol. The van der Waals surface area contributed by atoms with Crippen molar-refractivity contribution in [2.75, 3.05) is 0 Å². The maximum Gasteiger partial charge on any atom is 0.163 e. The van der Waals surface area contributed by atoms with Crippen molar-refractivity contribution in [3.8, 4) is 0 Å². The monoisotopic (exact) mass is 225 g/mol. The highest BCUT2D eigenvalue weighted by Gasteiger charge is 2.31. The van der Waals surface area contributed by atoms with Gasteiger partial charge in [-0.05, 0) is 18.9 Å². The number of benzene rings is 1. The number of hydrogen-bond acceptors (Lipinski definition) is 1. The predicted octanol–water partition coefficient (Wildman–Crippen LogP) is 3.47. The summed E-state index contributed by atoms with van der Waals surface area (Å²) in [4.78, 5) is 0. The molecule has 0 bridgehead atoms. The molecule has 1 aliphatic carbocycles. The molecule has 0 amide bonds. The van der Waals surface area contributed by atoms with E-state index in [9.17, 15) is 8.78 Å². The van der Waals surface area contributed by atoms with E-state index in [4.69, 9.17) is 5.73 Å². The van der Waals surface area contributed by atoms with Crippen LogP contribution in [0.3, 0.4) is 0 Å². The highest BCUT2D eigenvalue weighted by Crippen LogP contribution is 2.35. The molecule has 1 aromatic carbocycles. The summed E-state index contributed by atoms with van der Waals surface area (Å²) in [5, 5.41) is 0. The zero-order valence-corrected chi connectivity index (χ0v) is 9.31. The van der Waals surface area contributed by atoms with Gasteiger partial charge in [-0.1, -0.05) is 37.8 Å². The molecule has 88 valence electrons. The van der Waals surface area contributed by atoms with E-state index in [1.807, 2.05) is 0 Å². The van der Waals surface area contributed by atoms with Crippen LogP contribution in [0.1, 0.15) is 44.1 Å². The minimum atomic E-state index is -0.799. The fourth-order valence-electron chi connectivity index (χ4n) is 2.52. The summed E-state index contributed by atoms with van der Waals surface area (Å²) in [7, 11) is 0. The van der Waals surface area contributed by atoms with Gasteiger partial charge in [0.2, 0.25) is 0 Å². The Morgan fingerprint density at radius 2 is 1.62 bits per heavy atom. The number of hydrogen-bond donors (Lipinski definition) is 1. The van der Waals surface area contributed by atoms with Crippen LogP contribution < -0.4 is 5.73 Å². The molecule has 16 heavy (non-hydrogen) atoms. The lowest BCUT2D eigenvalue weighted by Gasteiger charge is -2.29. The van der Waals surface area contributed by atoms with Gasteiger partial charge in [0.1, 0.15) is 0 Å². The van der Waals surface area contributed by atoms with Gasteiger partial charge in [0, 0.05) is 11.1 Å². The Morgan fingerprint density at radius 3 is 2.25 bits per heavy atom. The second-order valence-electron chi connectivity index (χ2n) is 4.67. The Morgan fingerprint density at radius 1 is 1.00 bits per heavy atom. The topological polar surface area (TPSA) is 26.0 Å². The van der Waals surface area contributed by atoms with Gasteiger partial charge in [0.05, 0.1) is 0 Å². The van der Waals surface area contributed by atoms with Crippen LogP contribution in [0.2, 0.25) is 0 Å². The molecule has 1 aliphatic rings. The zero-order chi connectivity index (χ0) is 11.6. The Bertz CT molecular complexity index is 368. The van der Waals surface area contributed by atoms with E-state index in [2.05, 4.69) is 0 Å². The molecule has 1 saturated carbocycles. The Hall–Kier alpha value is -0.960. The summed E-state index contributed by atoms with van der Waals surface area (Å²) in [5.41, 5.74) is 5.91. The molecule has 1 aromatic rings. The fraction of sp³-hybridized carbons (Fsp3) is 0.538. The standard InChI is InChI=1S/C13H17F2N/c14-11-7-5-6-10(12(11)15)13(16)8-3-1-2-4-9-13/h5-7H,1-4,8-9,16H2. The van der Waals surface area contributed by atoms with E-state index in [-0.39, 0.29) is 0 Å². The lowest BCUT2D eigenvalue weighted by molar-refractivity contribution is 0.359. The molecule has 0 aromatic heterocycles. The van der Waals surface area contributed by atoms with Gasteiger partial charge in [-0.3, -0.25) is 0 Å². The van der Waals surface area contributed by atoms with Crippen molar-refractivity contribution >= 4 is 0 Å². The van der Waals surface area contributed by atoms with E-state index in [0.29, 0.717) is 5.56 Å². The SMILES string of the molecule is NC1(c2cccc(F)c2F)CCCCCC1. The van der Waals surface area contributed by atoms with Crippen molar-refractivity contribution in [3.05, 3.63) is 35.4 Å². The van der Waals surface area contributed by atoms with Crippen molar-refractivity contribution in [3.63, 3.8) is 0 Å². The third-order valence-corrected chi connectivity index (χ3v) is 3.48. The molecular formula is C13H17F2N. The smallest absolute Gasteiger partial charge is 0.163 e. The van der Waals surface area contributed by atoms with E-state index < -0.39 is 17.2 Å². The number of halogens is 2. The molecule has 0 unspecified atom stereocenters. The molecule has 2 N–H and O–H groups in total. The van der Waals surface area contributed by atoms with Gasteiger partial charge in [0.25, 0.3) is 0 Å². The highest BCUT2D eigenvalue weighted by molar-refractivity contribution is 5.27. The van der Waals surface area contributed by atoms with Gasteiger partial charge in [-0.25, -0.2) is 8.78 Å². The Labute approximate surface area is 94.7 Å². The van der Waals surface area contributed by atoms with Crippen LogP contribution in [0.25, 0.3) is 0 Å². The molecule has 0 radical (unpaired) electrons. The van der Waals surface area contributed by atoms with Gasteiger partial charge in [0.15, 0.2) is 11.6 Å². The van der Waals surface area contributed by atoms with Crippen molar-refractivity contribution in [1.29, 1.82) is 0 Å². The van der Waals surface area contributed by atoms with E-state index in [1.54, 1.807) is 6.07 Å². The minimum absolute atomic E-state index is 0.342. The summed E-state index contributed by atoms with van der Waals surface area (Å²) in [6, 6.07) is 4.29. The quantitative estimate of drug-likeness (QED) is 0.727. The third kappa shape index (κ3) is 2.09. The van der Waals surface area contributed by atoms with Crippen LogP contribution in [0, 0.1) is 11.6 Å². The zero-order valence-electron chi connectivity index (χ0n) is 9.31. The molecule has 0 saturated heterocycles. The first kappa shape index (κ1) is 11.5. The lowest BCUT2D eigenvalue weighted by atomic mass is 9.83. The first-order valence-electron chi connectivity index (χ1n) is 5.87. The molecule has 1 fully saturated rings. The number of rotatable bonds is 1. The molecule has 0 aliphatic heterocycles. The van der Waals surface area contributed by atoms with Crippen LogP contribution in [-0.4, -0.2) is 0 Å². The third-order valence-electron chi connectivity index (χ3n) is 3.48.